The molecule has 1 aromatic carbocycles. The molecule has 0 spiro atoms. The van der Waals surface area contributed by atoms with Crippen LogP contribution in [0.25, 0.3) is 11.3 Å². The van der Waals surface area contributed by atoms with Gasteiger partial charge in [0.2, 0.25) is 0 Å². The third-order valence-electron chi connectivity index (χ3n) is 2.34. The van der Waals surface area contributed by atoms with Gasteiger partial charge in [0.15, 0.2) is 5.16 Å². The largest absolute Gasteiger partial charge is 0.300 e. The van der Waals surface area contributed by atoms with Crippen molar-refractivity contribution < 1.29 is 0 Å². The van der Waals surface area contributed by atoms with Gasteiger partial charge >= 0.3 is 0 Å². The average Bonchev–Trinajstić information content (AvgIpc) is 2.36. The maximum absolute atomic E-state index is 11.8. The highest BCUT2D eigenvalue weighted by molar-refractivity contribution is 9.11. The fourth-order valence-corrected chi connectivity index (χ4v) is 3.22. The van der Waals surface area contributed by atoms with Crippen LogP contribution in [0.3, 0.4) is 0 Å². The first-order valence-electron chi connectivity index (χ1n) is 5.10. The van der Waals surface area contributed by atoms with Gasteiger partial charge in [0.1, 0.15) is 11.6 Å². The summed E-state index contributed by atoms with van der Waals surface area (Å²) in [6.07, 6.45) is 1.81. The van der Waals surface area contributed by atoms with Crippen molar-refractivity contribution in [3.8, 4) is 17.3 Å². The van der Waals surface area contributed by atoms with E-state index in [0.717, 1.165) is 8.95 Å². The van der Waals surface area contributed by atoms with Gasteiger partial charge in [-0.2, -0.15) is 5.26 Å². The Hall–Kier alpha value is -1.10. The van der Waals surface area contributed by atoms with Crippen molar-refractivity contribution in [1.29, 1.82) is 5.26 Å². The maximum atomic E-state index is 11.8. The third kappa shape index (κ3) is 3.08. The number of aromatic amines is 1. The number of H-pyrrole nitrogens is 1. The van der Waals surface area contributed by atoms with Crippen molar-refractivity contribution in [1.82, 2.24) is 9.97 Å². The van der Waals surface area contributed by atoms with Gasteiger partial charge in [-0.05, 0) is 24.5 Å². The first-order valence-corrected chi connectivity index (χ1v) is 7.91. The first kappa shape index (κ1) is 14.3. The summed E-state index contributed by atoms with van der Waals surface area (Å²) in [6.45, 7) is 0. The van der Waals surface area contributed by atoms with Crippen LogP contribution in [0.4, 0.5) is 0 Å². The minimum atomic E-state index is -0.423. The van der Waals surface area contributed by atoms with Gasteiger partial charge < -0.3 is 4.98 Å². The molecule has 1 heterocycles. The van der Waals surface area contributed by atoms with Crippen molar-refractivity contribution in [3.05, 3.63) is 43.1 Å². The molecule has 0 unspecified atom stereocenters. The van der Waals surface area contributed by atoms with Crippen LogP contribution in [0.5, 0.6) is 0 Å². The van der Waals surface area contributed by atoms with E-state index in [1.165, 1.54) is 11.8 Å². The van der Waals surface area contributed by atoms with Crippen LogP contribution in [0.15, 0.2) is 37.1 Å². The Kier molecular flexibility index (Phi) is 4.45. The summed E-state index contributed by atoms with van der Waals surface area (Å²) in [5.41, 5.74) is 0.688. The standard InChI is InChI=1S/C12H7Br2N3OS/c1-19-12-16-10(9(5-15)11(18)17-12)6-2-7(13)4-8(14)3-6/h2-4H,1H3,(H,16,17,18). The van der Waals surface area contributed by atoms with Crippen molar-refractivity contribution in [2.24, 2.45) is 0 Å². The zero-order valence-corrected chi connectivity index (χ0v) is 13.7. The Morgan fingerprint density at radius 2 is 1.95 bits per heavy atom. The van der Waals surface area contributed by atoms with Gasteiger partial charge in [-0.15, -0.1) is 0 Å². The molecule has 0 aliphatic carbocycles. The number of hydrogen-bond acceptors (Lipinski definition) is 4. The summed E-state index contributed by atoms with van der Waals surface area (Å²) >= 11 is 8.08. The van der Waals surface area contributed by atoms with Gasteiger partial charge in [0.25, 0.3) is 5.56 Å². The van der Waals surface area contributed by atoms with Crippen molar-refractivity contribution in [3.63, 3.8) is 0 Å². The molecule has 2 rings (SSSR count). The fraction of sp³-hybridized carbons (Fsp3) is 0.0833. The molecule has 4 nitrogen and oxygen atoms in total. The highest BCUT2D eigenvalue weighted by atomic mass is 79.9. The van der Waals surface area contributed by atoms with Crippen LogP contribution >= 0.6 is 43.6 Å². The summed E-state index contributed by atoms with van der Waals surface area (Å²) in [7, 11) is 0. The second-order valence-corrected chi connectivity index (χ2v) is 6.20. The highest BCUT2D eigenvalue weighted by Crippen LogP contribution is 2.28. The Labute approximate surface area is 130 Å². The number of rotatable bonds is 2. The molecule has 0 radical (unpaired) electrons. The van der Waals surface area contributed by atoms with E-state index < -0.39 is 5.56 Å². The Morgan fingerprint density at radius 1 is 1.32 bits per heavy atom. The molecule has 1 aromatic heterocycles. The molecule has 0 aliphatic rings. The molecule has 96 valence electrons. The number of nitrogens with one attached hydrogen (secondary N) is 1. The molecule has 0 atom stereocenters. The van der Waals surface area contributed by atoms with E-state index in [0.29, 0.717) is 16.4 Å². The van der Waals surface area contributed by atoms with Crippen LogP contribution in [-0.4, -0.2) is 16.2 Å². The van der Waals surface area contributed by atoms with Gasteiger partial charge in [-0.1, -0.05) is 43.6 Å². The van der Waals surface area contributed by atoms with Crippen LogP contribution in [0.1, 0.15) is 5.56 Å². The minimum Gasteiger partial charge on any atom is -0.300 e. The van der Waals surface area contributed by atoms with E-state index >= 15 is 0 Å². The number of aromatic nitrogens is 2. The molecule has 0 bridgehead atoms. The lowest BCUT2D eigenvalue weighted by molar-refractivity contribution is 0.937. The maximum Gasteiger partial charge on any atom is 0.270 e. The number of nitrogens with zero attached hydrogens (tertiary/aromatic N) is 2. The SMILES string of the molecule is CSc1nc(-c2cc(Br)cc(Br)c2)c(C#N)c(=O)[nH]1. The quantitative estimate of drug-likeness (QED) is 0.618. The van der Waals surface area contributed by atoms with Gasteiger partial charge in [-0.25, -0.2) is 4.98 Å². The predicted molar refractivity (Wildman–Crippen MR) is 82.2 cm³/mol. The number of nitriles is 1. The van der Waals surface area contributed by atoms with Crippen LogP contribution in [0.2, 0.25) is 0 Å². The summed E-state index contributed by atoms with van der Waals surface area (Å²) < 4.78 is 1.68. The molecule has 19 heavy (non-hydrogen) atoms. The van der Waals surface area contributed by atoms with E-state index in [1.54, 1.807) is 0 Å². The summed E-state index contributed by atoms with van der Waals surface area (Å²) in [4.78, 5) is 18.7. The molecule has 0 saturated carbocycles. The van der Waals surface area contributed by atoms with E-state index in [9.17, 15) is 4.79 Å². The van der Waals surface area contributed by atoms with Gasteiger partial charge in [0.05, 0.1) is 5.69 Å². The van der Waals surface area contributed by atoms with E-state index in [1.807, 2.05) is 30.5 Å². The van der Waals surface area contributed by atoms with Crippen molar-refractivity contribution in [2.45, 2.75) is 5.16 Å². The van der Waals surface area contributed by atoms with Crippen LogP contribution < -0.4 is 5.56 Å². The third-order valence-corrected chi connectivity index (χ3v) is 3.83. The summed E-state index contributed by atoms with van der Waals surface area (Å²) in [6, 6.07) is 7.41. The van der Waals surface area contributed by atoms with Gasteiger partial charge in [0, 0.05) is 14.5 Å². The van der Waals surface area contributed by atoms with Gasteiger partial charge in [-0.3, -0.25) is 4.79 Å². The molecule has 2 aromatic rings. The molecule has 0 fully saturated rings. The molecule has 0 amide bonds. The molecular weight excluding hydrogens is 394 g/mol. The van der Waals surface area contributed by atoms with E-state index in [2.05, 4.69) is 41.8 Å². The number of thioether (sulfide) groups is 1. The lowest BCUT2D eigenvalue weighted by Gasteiger charge is -2.06. The van der Waals surface area contributed by atoms with Crippen molar-refractivity contribution >= 4 is 43.6 Å². The summed E-state index contributed by atoms with van der Waals surface area (Å²) in [5.74, 6) is 0. The average molecular weight is 401 g/mol. The number of hydrogen-bond donors (Lipinski definition) is 1. The van der Waals surface area contributed by atoms with Crippen LogP contribution in [-0.2, 0) is 0 Å². The zero-order valence-electron chi connectivity index (χ0n) is 9.70. The predicted octanol–water partition coefficient (Wildman–Crippen LogP) is 3.56. The zero-order chi connectivity index (χ0) is 14.0. The molecular formula is C12H7Br2N3OS. The lowest BCUT2D eigenvalue weighted by atomic mass is 10.1. The lowest BCUT2D eigenvalue weighted by Crippen LogP contribution is -2.14. The molecule has 1 N–H and O–H groups in total. The summed E-state index contributed by atoms with van der Waals surface area (Å²) in [5, 5.41) is 9.60. The second-order valence-electron chi connectivity index (χ2n) is 3.57. The number of halogens is 2. The Morgan fingerprint density at radius 3 is 2.47 bits per heavy atom. The monoisotopic (exact) mass is 399 g/mol. The first-order chi connectivity index (χ1) is 9.05. The van der Waals surface area contributed by atoms with Crippen LogP contribution in [0, 0.1) is 11.3 Å². The Bertz CT molecular complexity index is 716. The molecule has 0 aliphatic heterocycles. The molecule has 0 saturated heterocycles. The van der Waals surface area contributed by atoms with E-state index in [-0.39, 0.29) is 5.56 Å². The topological polar surface area (TPSA) is 69.5 Å². The highest BCUT2D eigenvalue weighted by Gasteiger charge is 2.13. The van der Waals surface area contributed by atoms with Crippen molar-refractivity contribution in [2.75, 3.05) is 6.26 Å². The Balaban J connectivity index is 2.77. The number of benzene rings is 1. The molecule has 7 heteroatoms. The minimum absolute atomic E-state index is 0.0165. The van der Waals surface area contributed by atoms with E-state index in [4.69, 9.17) is 5.26 Å². The second kappa shape index (κ2) is 5.90. The fourth-order valence-electron chi connectivity index (χ4n) is 1.55. The normalized spacial score (nSPS) is 10.2. The smallest absolute Gasteiger partial charge is 0.270 e.